The number of hydrogen-bond donors (Lipinski definition) is 2. The fourth-order valence-corrected chi connectivity index (χ4v) is 2.83. The van der Waals surface area contributed by atoms with Crippen molar-refractivity contribution in [2.24, 2.45) is 5.41 Å². The normalized spacial score (nSPS) is 17.3. The summed E-state index contributed by atoms with van der Waals surface area (Å²) in [5.74, 6) is -2.01. The molecular weight excluding hydrogens is 290 g/mol. The van der Waals surface area contributed by atoms with Crippen molar-refractivity contribution in [1.29, 1.82) is 0 Å². The van der Waals surface area contributed by atoms with E-state index in [0.717, 1.165) is 32.0 Å². The van der Waals surface area contributed by atoms with Gasteiger partial charge in [-0.25, -0.2) is 8.78 Å². The van der Waals surface area contributed by atoms with Gasteiger partial charge in [-0.15, -0.1) is 0 Å². The highest BCUT2D eigenvalue weighted by atomic mass is 19.1. The van der Waals surface area contributed by atoms with E-state index in [9.17, 15) is 13.6 Å². The van der Waals surface area contributed by atoms with Crippen LogP contribution in [0.5, 0.6) is 0 Å². The Kier molecular flexibility index (Phi) is 5.47. The molecule has 0 saturated carbocycles. The molecule has 0 aliphatic carbocycles. The maximum atomic E-state index is 13.8. The van der Waals surface area contributed by atoms with Gasteiger partial charge in [0.2, 0.25) is 0 Å². The highest BCUT2D eigenvalue weighted by Crippen LogP contribution is 2.28. The van der Waals surface area contributed by atoms with Crippen molar-refractivity contribution in [1.82, 2.24) is 10.6 Å². The van der Waals surface area contributed by atoms with E-state index in [4.69, 9.17) is 4.74 Å². The van der Waals surface area contributed by atoms with Crippen molar-refractivity contribution >= 4 is 5.91 Å². The fraction of sp³-hybridized carbons (Fsp3) is 0.562. The summed E-state index contributed by atoms with van der Waals surface area (Å²) in [5.41, 5.74) is -0.0123. The zero-order valence-corrected chi connectivity index (χ0v) is 13.0. The van der Waals surface area contributed by atoms with Crippen molar-refractivity contribution < 1.29 is 18.3 Å². The summed E-state index contributed by atoms with van der Waals surface area (Å²) in [5, 5.41) is 6.04. The van der Waals surface area contributed by atoms with E-state index in [0.29, 0.717) is 13.2 Å². The SMILES string of the molecule is COCC1(CNC(=O)c2cc(C)c(F)cc2F)CCNCC1. The smallest absolute Gasteiger partial charge is 0.254 e. The van der Waals surface area contributed by atoms with Crippen LogP contribution < -0.4 is 10.6 Å². The van der Waals surface area contributed by atoms with Gasteiger partial charge in [-0.1, -0.05) is 0 Å². The lowest BCUT2D eigenvalue weighted by atomic mass is 9.79. The minimum Gasteiger partial charge on any atom is -0.384 e. The van der Waals surface area contributed by atoms with Gasteiger partial charge in [0.25, 0.3) is 5.91 Å². The summed E-state index contributed by atoms with van der Waals surface area (Å²) in [6, 6.07) is 1.99. The van der Waals surface area contributed by atoms with Gasteiger partial charge in [-0.2, -0.15) is 0 Å². The number of methoxy groups -OCH3 is 1. The second-order valence-electron chi connectivity index (χ2n) is 5.95. The molecule has 1 aromatic carbocycles. The number of piperidine rings is 1. The lowest BCUT2D eigenvalue weighted by Gasteiger charge is -2.37. The summed E-state index contributed by atoms with van der Waals surface area (Å²) in [7, 11) is 1.63. The van der Waals surface area contributed by atoms with Gasteiger partial charge in [0, 0.05) is 25.1 Å². The molecule has 0 spiro atoms. The van der Waals surface area contributed by atoms with Crippen LogP contribution in [0, 0.1) is 24.0 Å². The van der Waals surface area contributed by atoms with Crippen LogP contribution >= 0.6 is 0 Å². The van der Waals surface area contributed by atoms with Crippen LogP contribution in [-0.4, -0.2) is 39.3 Å². The lowest BCUT2D eigenvalue weighted by molar-refractivity contribution is 0.0511. The Balaban J connectivity index is 2.06. The largest absolute Gasteiger partial charge is 0.384 e. The molecule has 4 nitrogen and oxygen atoms in total. The van der Waals surface area contributed by atoms with Crippen LogP contribution in [0.3, 0.4) is 0 Å². The molecule has 0 radical (unpaired) electrons. The highest BCUT2D eigenvalue weighted by Gasteiger charge is 2.32. The first-order valence-electron chi connectivity index (χ1n) is 7.41. The minimum absolute atomic E-state index is 0.125. The molecule has 0 aromatic heterocycles. The molecule has 1 saturated heterocycles. The second kappa shape index (κ2) is 7.15. The average molecular weight is 312 g/mol. The lowest BCUT2D eigenvalue weighted by Crippen LogP contribution is -2.47. The third-order valence-electron chi connectivity index (χ3n) is 4.23. The van der Waals surface area contributed by atoms with E-state index in [1.165, 1.54) is 13.0 Å². The van der Waals surface area contributed by atoms with Crippen molar-refractivity contribution in [3.05, 3.63) is 34.9 Å². The number of amides is 1. The summed E-state index contributed by atoms with van der Waals surface area (Å²) < 4.78 is 32.3. The summed E-state index contributed by atoms with van der Waals surface area (Å²) in [6.45, 7) is 4.19. The van der Waals surface area contributed by atoms with Crippen molar-refractivity contribution in [2.45, 2.75) is 19.8 Å². The Hall–Kier alpha value is -1.53. The molecule has 1 fully saturated rings. The standard InChI is InChI=1S/C16H22F2N2O2/c1-11-7-12(14(18)8-13(11)17)15(21)20-9-16(10-22-2)3-5-19-6-4-16/h7-8,19H,3-6,9-10H2,1-2H3,(H,20,21). The number of nitrogens with one attached hydrogen (secondary N) is 2. The molecule has 0 unspecified atom stereocenters. The van der Waals surface area contributed by atoms with E-state index >= 15 is 0 Å². The highest BCUT2D eigenvalue weighted by molar-refractivity contribution is 5.94. The third kappa shape index (κ3) is 3.81. The summed E-state index contributed by atoms with van der Waals surface area (Å²) in [4.78, 5) is 12.2. The van der Waals surface area contributed by atoms with Crippen molar-refractivity contribution in [3.8, 4) is 0 Å². The Bertz CT molecular complexity index is 538. The molecule has 1 amide bonds. The maximum Gasteiger partial charge on any atom is 0.254 e. The van der Waals surface area contributed by atoms with Gasteiger partial charge in [-0.3, -0.25) is 4.79 Å². The van der Waals surface area contributed by atoms with Crippen LogP contribution in [0.4, 0.5) is 8.78 Å². The van der Waals surface area contributed by atoms with Gasteiger partial charge in [-0.05, 0) is 44.5 Å². The van der Waals surface area contributed by atoms with Crippen LogP contribution in [-0.2, 0) is 4.74 Å². The monoisotopic (exact) mass is 312 g/mol. The Morgan fingerprint density at radius 3 is 2.64 bits per heavy atom. The van der Waals surface area contributed by atoms with Gasteiger partial charge in [0.1, 0.15) is 11.6 Å². The quantitative estimate of drug-likeness (QED) is 0.874. The van der Waals surface area contributed by atoms with Crippen molar-refractivity contribution in [2.75, 3.05) is 33.4 Å². The number of carbonyl (C=O) groups excluding carboxylic acids is 1. The number of hydrogen-bond acceptors (Lipinski definition) is 3. The van der Waals surface area contributed by atoms with Crippen LogP contribution in [0.1, 0.15) is 28.8 Å². The first kappa shape index (κ1) is 16.8. The predicted octanol–water partition coefficient (Wildman–Crippen LogP) is 2.02. The predicted molar refractivity (Wildman–Crippen MR) is 79.8 cm³/mol. The van der Waals surface area contributed by atoms with Crippen molar-refractivity contribution in [3.63, 3.8) is 0 Å². The third-order valence-corrected chi connectivity index (χ3v) is 4.23. The summed E-state index contributed by atoms with van der Waals surface area (Å²) >= 11 is 0. The molecule has 1 aliphatic rings. The number of carbonyl (C=O) groups is 1. The van der Waals surface area contributed by atoms with E-state index in [1.807, 2.05) is 0 Å². The molecule has 2 rings (SSSR count). The first-order chi connectivity index (χ1) is 10.5. The molecule has 0 atom stereocenters. The molecule has 1 aromatic rings. The first-order valence-corrected chi connectivity index (χ1v) is 7.41. The topological polar surface area (TPSA) is 50.4 Å². The maximum absolute atomic E-state index is 13.8. The molecule has 0 bridgehead atoms. The molecular formula is C16H22F2N2O2. The Morgan fingerprint density at radius 1 is 1.32 bits per heavy atom. The summed E-state index contributed by atoms with van der Waals surface area (Å²) in [6.07, 6.45) is 1.76. The van der Waals surface area contributed by atoms with Gasteiger partial charge in [0.15, 0.2) is 0 Å². The molecule has 6 heteroatoms. The van der Waals surface area contributed by atoms with E-state index in [-0.39, 0.29) is 16.5 Å². The van der Waals surface area contributed by atoms with E-state index in [2.05, 4.69) is 10.6 Å². The van der Waals surface area contributed by atoms with Crippen LogP contribution in [0.2, 0.25) is 0 Å². The van der Waals surface area contributed by atoms with E-state index in [1.54, 1.807) is 7.11 Å². The average Bonchev–Trinajstić information content (AvgIpc) is 2.50. The minimum atomic E-state index is -0.841. The fourth-order valence-electron chi connectivity index (χ4n) is 2.83. The van der Waals surface area contributed by atoms with Gasteiger partial charge < -0.3 is 15.4 Å². The number of aryl methyl sites for hydroxylation is 1. The zero-order valence-electron chi connectivity index (χ0n) is 13.0. The number of benzene rings is 1. The number of ether oxygens (including phenoxy) is 1. The van der Waals surface area contributed by atoms with Gasteiger partial charge in [0.05, 0.1) is 12.2 Å². The molecule has 1 aliphatic heterocycles. The van der Waals surface area contributed by atoms with Gasteiger partial charge >= 0.3 is 0 Å². The second-order valence-corrected chi connectivity index (χ2v) is 5.95. The van der Waals surface area contributed by atoms with Crippen LogP contribution in [0.15, 0.2) is 12.1 Å². The molecule has 2 N–H and O–H groups in total. The number of halogens is 2. The van der Waals surface area contributed by atoms with E-state index < -0.39 is 17.5 Å². The zero-order chi connectivity index (χ0) is 16.2. The Labute approximate surface area is 129 Å². The molecule has 122 valence electrons. The van der Waals surface area contributed by atoms with Crippen LogP contribution in [0.25, 0.3) is 0 Å². The number of rotatable bonds is 5. The molecule has 1 heterocycles. The Morgan fingerprint density at radius 2 is 2.00 bits per heavy atom. The molecule has 22 heavy (non-hydrogen) atoms.